The standard InChI is InChI=1S/C21H27N3O4/c1-4-22-19(26)20(27)24(21(22)28)13-18(25)17-12-14(2)23(15(17)3)11-10-16-8-6-5-7-9-16/h8,12H,4-7,9-11,13H2,1-3H3. The van der Waals surface area contributed by atoms with Crippen molar-refractivity contribution in [3.05, 3.63) is 34.7 Å². The minimum Gasteiger partial charge on any atom is -0.348 e. The number of urea groups is 1. The minimum atomic E-state index is -0.932. The average Bonchev–Trinajstić information content (AvgIpc) is 3.08. The zero-order valence-electron chi connectivity index (χ0n) is 16.8. The molecule has 4 amide bonds. The third kappa shape index (κ3) is 3.66. The molecule has 7 heteroatoms. The number of amides is 4. The number of aryl methyl sites for hydroxylation is 1. The van der Waals surface area contributed by atoms with Crippen LogP contribution in [0.2, 0.25) is 0 Å². The summed E-state index contributed by atoms with van der Waals surface area (Å²) >= 11 is 0. The van der Waals surface area contributed by atoms with Crippen molar-refractivity contribution >= 4 is 23.6 Å². The number of allylic oxidation sites excluding steroid dienone is 2. The van der Waals surface area contributed by atoms with Crippen molar-refractivity contribution in [3.63, 3.8) is 0 Å². The third-order valence-electron chi connectivity index (χ3n) is 5.67. The lowest BCUT2D eigenvalue weighted by Gasteiger charge is -2.15. The van der Waals surface area contributed by atoms with Gasteiger partial charge in [0.15, 0.2) is 5.78 Å². The molecule has 0 unspecified atom stereocenters. The van der Waals surface area contributed by atoms with E-state index in [0.717, 1.165) is 47.0 Å². The number of likely N-dealkylation sites (N-methyl/N-ethyl adjacent to an activating group) is 1. The molecule has 0 aromatic carbocycles. The second-order valence-electron chi connectivity index (χ2n) is 7.44. The molecule has 1 fully saturated rings. The SMILES string of the molecule is CCN1C(=O)C(=O)N(CC(=O)c2cc(C)n(CCC3=CCCCC3)c2C)C1=O. The first-order chi connectivity index (χ1) is 13.3. The Morgan fingerprint density at radius 2 is 1.79 bits per heavy atom. The Morgan fingerprint density at radius 3 is 2.39 bits per heavy atom. The van der Waals surface area contributed by atoms with Crippen molar-refractivity contribution in [2.24, 2.45) is 0 Å². The Hall–Kier alpha value is -2.70. The zero-order valence-corrected chi connectivity index (χ0v) is 16.8. The summed E-state index contributed by atoms with van der Waals surface area (Å²) in [6, 6.07) is 1.08. The predicted octanol–water partition coefficient (Wildman–Crippen LogP) is 2.99. The van der Waals surface area contributed by atoms with E-state index in [4.69, 9.17) is 0 Å². The van der Waals surface area contributed by atoms with Gasteiger partial charge >= 0.3 is 17.8 Å². The Kier molecular flexibility index (Phi) is 5.82. The first-order valence-corrected chi connectivity index (χ1v) is 9.90. The molecule has 1 aliphatic carbocycles. The van der Waals surface area contributed by atoms with Gasteiger partial charge in [0.1, 0.15) is 0 Å². The maximum absolute atomic E-state index is 12.8. The van der Waals surface area contributed by atoms with Crippen LogP contribution in [0.25, 0.3) is 0 Å². The van der Waals surface area contributed by atoms with Crippen molar-refractivity contribution in [3.8, 4) is 0 Å². The van der Waals surface area contributed by atoms with Crippen molar-refractivity contribution in [1.82, 2.24) is 14.4 Å². The van der Waals surface area contributed by atoms with E-state index < -0.39 is 24.4 Å². The fourth-order valence-corrected chi connectivity index (χ4v) is 4.01. The first-order valence-electron chi connectivity index (χ1n) is 9.90. The summed E-state index contributed by atoms with van der Waals surface area (Å²) in [5.74, 6) is -2.13. The van der Waals surface area contributed by atoms with Crippen molar-refractivity contribution < 1.29 is 19.2 Å². The van der Waals surface area contributed by atoms with E-state index in [1.54, 1.807) is 13.0 Å². The fourth-order valence-electron chi connectivity index (χ4n) is 4.01. The highest BCUT2D eigenvalue weighted by Gasteiger charge is 2.44. The van der Waals surface area contributed by atoms with Gasteiger partial charge in [0.25, 0.3) is 0 Å². The molecule has 150 valence electrons. The molecule has 0 saturated carbocycles. The van der Waals surface area contributed by atoms with E-state index in [9.17, 15) is 19.2 Å². The van der Waals surface area contributed by atoms with Gasteiger partial charge in [-0.05, 0) is 58.9 Å². The summed E-state index contributed by atoms with van der Waals surface area (Å²) in [6.07, 6.45) is 8.08. The van der Waals surface area contributed by atoms with Gasteiger partial charge in [-0.25, -0.2) is 9.69 Å². The van der Waals surface area contributed by atoms with E-state index in [1.165, 1.54) is 18.4 Å². The Bertz CT molecular complexity index is 865. The van der Waals surface area contributed by atoms with Gasteiger partial charge in [-0.1, -0.05) is 11.6 Å². The number of rotatable bonds is 7. The fraction of sp³-hybridized carbons (Fsp3) is 0.524. The van der Waals surface area contributed by atoms with E-state index in [1.807, 2.05) is 13.8 Å². The number of nitrogens with zero attached hydrogens (tertiary/aromatic N) is 3. The highest BCUT2D eigenvalue weighted by Crippen LogP contribution is 2.23. The largest absolute Gasteiger partial charge is 0.348 e. The predicted molar refractivity (Wildman–Crippen MR) is 104 cm³/mol. The van der Waals surface area contributed by atoms with Crippen LogP contribution in [0.3, 0.4) is 0 Å². The number of aromatic nitrogens is 1. The second kappa shape index (κ2) is 8.12. The van der Waals surface area contributed by atoms with Crippen LogP contribution < -0.4 is 0 Å². The molecule has 1 aromatic heterocycles. The quantitative estimate of drug-likeness (QED) is 0.313. The van der Waals surface area contributed by atoms with Gasteiger partial charge < -0.3 is 4.57 Å². The number of hydrogen-bond acceptors (Lipinski definition) is 4. The molecule has 2 heterocycles. The van der Waals surface area contributed by atoms with E-state index >= 15 is 0 Å². The lowest BCUT2D eigenvalue weighted by atomic mass is 9.97. The number of imide groups is 2. The Morgan fingerprint density at radius 1 is 1.07 bits per heavy atom. The van der Waals surface area contributed by atoms with Crippen LogP contribution in [0.15, 0.2) is 17.7 Å². The third-order valence-corrected chi connectivity index (χ3v) is 5.67. The average molecular weight is 385 g/mol. The monoisotopic (exact) mass is 385 g/mol. The molecule has 0 spiro atoms. The van der Waals surface area contributed by atoms with Crippen LogP contribution >= 0.6 is 0 Å². The topological polar surface area (TPSA) is 79.7 Å². The summed E-state index contributed by atoms with van der Waals surface area (Å²) in [7, 11) is 0. The Labute approximate surface area is 165 Å². The van der Waals surface area contributed by atoms with Crippen molar-refractivity contribution in [2.45, 2.75) is 59.4 Å². The van der Waals surface area contributed by atoms with Crippen LogP contribution in [0.4, 0.5) is 4.79 Å². The number of carbonyl (C=O) groups is 4. The summed E-state index contributed by atoms with van der Waals surface area (Å²) in [5.41, 5.74) is 3.77. The van der Waals surface area contributed by atoms with Gasteiger partial charge in [-0.2, -0.15) is 0 Å². The van der Waals surface area contributed by atoms with Crippen LogP contribution in [0.5, 0.6) is 0 Å². The maximum Gasteiger partial charge on any atom is 0.334 e. The number of carbonyl (C=O) groups excluding carboxylic acids is 4. The molecule has 0 atom stereocenters. The molecular weight excluding hydrogens is 358 g/mol. The van der Waals surface area contributed by atoms with Crippen molar-refractivity contribution in [2.75, 3.05) is 13.1 Å². The second-order valence-corrected chi connectivity index (χ2v) is 7.44. The highest BCUT2D eigenvalue weighted by atomic mass is 16.2. The summed E-state index contributed by atoms with van der Waals surface area (Å²) in [4.78, 5) is 50.5. The molecule has 2 aliphatic rings. The van der Waals surface area contributed by atoms with Crippen LogP contribution in [0.1, 0.15) is 60.8 Å². The molecule has 28 heavy (non-hydrogen) atoms. The van der Waals surface area contributed by atoms with Crippen molar-refractivity contribution in [1.29, 1.82) is 0 Å². The van der Waals surface area contributed by atoms with Crippen LogP contribution in [-0.4, -0.2) is 51.1 Å². The molecule has 0 N–H and O–H groups in total. The van der Waals surface area contributed by atoms with Crippen LogP contribution in [-0.2, 0) is 16.1 Å². The summed E-state index contributed by atoms with van der Waals surface area (Å²) < 4.78 is 2.11. The maximum atomic E-state index is 12.8. The number of ketones is 1. The molecular formula is C21H27N3O4. The van der Waals surface area contributed by atoms with Gasteiger partial charge in [0.2, 0.25) is 0 Å². The van der Waals surface area contributed by atoms with E-state index in [2.05, 4.69) is 10.6 Å². The molecule has 0 bridgehead atoms. The molecule has 1 saturated heterocycles. The van der Waals surface area contributed by atoms with Gasteiger partial charge in [0, 0.05) is 30.0 Å². The molecule has 1 aromatic rings. The number of Topliss-reactive ketones (excluding diaryl/α,β-unsaturated/α-hetero) is 1. The normalized spacial score (nSPS) is 17.5. The lowest BCUT2D eigenvalue weighted by Crippen LogP contribution is -2.37. The van der Waals surface area contributed by atoms with Crippen LogP contribution in [0, 0.1) is 13.8 Å². The highest BCUT2D eigenvalue weighted by molar-refractivity contribution is 6.45. The molecule has 3 rings (SSSR count). The van der Waals surface area contributed by atoms with E-state index in [0.29, 0.717) is 5.56 Å². The lowest BCUT2D eigenvalue weighted by molar-refractivity contribution is -0.143. The summed E-state index contributed by atoms with van der Waals surface area (Å²) in [5, 5.41) is 0. The smallest absolute Gasteiger partial charge is 0.334 e. The number of hydrogen-bond donors (Lipinski definition) is 0. The zero-order chi connectivity index (χ0) is 20.4. The molecule has 7 nitrogen and oxygen atoms in total. The molecule has 0 radical (unpaired) electrons. The van der Waals surface area contributed by atoms with Gasteiger partial charge in [-0.3, -0.25) is 19.3 Å². The van der Waals surface area contributed by atoms with E-state index in [-0.39, 0.29) is 12.3 Å². The van der Waals surface area contributed by atoms with Gasteiger partial charge in [-0.15, -0.1) is 0 Å². The summed E-state index contributed by atoms with van der Waals surface area (Å²) in [6.45, 7) is 5.96. The molecule has 1 aliphatic heterocycles. The van der Waals surface area contributed by atoms with Gasteiger partial charge in [0.05, 0.1) is 6.54 Å². The first kappa shape index (κ1) is 20.0. The Balaban J connectivity index is 1.72. The minimum absolute atomic E-state index is 0.110.